The van der Waals surface area contributed by atoms with E-state index in [-0.39, 0.29) is 23.5 Å². The van der Waals surface area contributed by atoms with E-state index in [4.69, 9.17) is 9.47 Å². The molecule has 2 saturated carbocycles. The number of aryl methyl sites for hydroxylation is 1. The summed E-state index contributed by atoms with van der Waals surface area (Å²) < 4.78 is 12.5. The quantitative estimate of drug-likeness (QED) is 0.439. The van der Waals surface area contributed by atoms with Crippen molar-refractivity contribution in [3.8, 4) is 5.75 Å². The van der Waals surface area contributed by atoms with Crippen LogP contribution in [0, 0.1) is 17.3 Å². The minimum Gasteiger partial charge on any atom is -0.489 e. The lowest BCUT2D eigenvalue weighted by atomic mass is 9.55. The molecule has 0 spiro atoms. The highest BCUT2D eigenvalue weighted by Crippen LogP contribution is 2.61. The summed E-state index contributed by atoms with van der Waals surface area (Å²) in [6.45, 7) is 3.66. The lowest BCUT2D eigenvalue weighted by Crippen LogP contribution is -2.46. The maximum Gasteiger partial charge on any atom is 0.120 e. The van der Waals surface area contributed by atoms with E-state index in [2.05, 4.69) is 67.6 Å². The monoisotopic (exact) mass is 468 g/mol. The van der Waals surface area contributed by atoms with Crippen molar-refractivity contribution >= 4 is 0 Å². The smallest absolute Gasteiger partial charge is 0.120 e. The van der Waals surface area contributed by atoms with Gasteiger partial charge in [0.2, 0.25) is 0 Å². The average molecular weight is 469 g/mol. The van der Waals surface area contributed by atoms with E-state index in [1.165, 1.54) is 22.3 Å². The van der Waals surface area contributed by atoms with Crippen molar-refractivity contribution < 1.29 is 14.6 Å². The first-order chi connectivity index (χ1) is 17.1. The van der Waals surface area contributed by atoms with Gasteiger partial charge in [0.1, 0.15) is 12.4 Å². The minimum absolute atomic E-state index is 0.165. The molecule has 3 heteroatoms. The van der Waals surface area contributed by atoms with Crippen LogP contribution in [-0.2, 0) is 24.4 Å². The molecular formula is C32H36O3. The second-order valence-corrected chi connectivity index (χ2v) is 11.3. The van der Waals surface area contributed by atoms with Gasteiger partial charge in [-0.15, -0.1) is 0 Å². The first kappa shape index (κ1) is 22.8. The SMILES string of the molecule is C[C@@]12C[C@H](OCc3ccccc3)C[C@H]1[C@@H]1CCc3cc(OCc4ccccc4)ccc3[C@H]1[C@H](O)C2. The van der Waals surface area contributed by atoms with Crippen molar-refractivity contribution in [3.05, 3.63) is 101 Å². The first-order valence-corrected chi connectivity index (χ1v) is 13.2. The molecule has 0 radical (unpaired) electrons. The Bertz CT molecular complexity index is 1140. The minimum atomic E-state index is -0.288. The zero-order valence-electron chi connectivity index (χ0n) is 20.6. The summed E-state index contributed by atoms with van der Waals surface area (Å²) in [5, 5.41) is 11.4. The molecule has 0 bridgehead atoms. The molecule has 3 nitrogen and oxygen atoms in total. The van der Waals surface area contributed by atoms with Crippen LogP contribution >= 0.6 is 0 Å². The Morgan fingerprint density at radius 2 is 1.60 bits per heavy atom. The van der Waals surface area contributed by atoms with Crippen LogP contribution in [0.5, 0.6) is 5.75 Å². The van der Waals surface area contributed by atoms with Crippen LogP contribution in [0.25, 0.3) is 0 Å². The normalized spacial score (nSPS) is 31.3. The van der Waals surface area contributed by atoms with Crippen LogP contribution in [0.3, 0.4) is 0 Å². The molecule has 3 aromatic rings. The van der Waals surface area contributed by atoms with Gasteiger partial charge in [0.15, 0.2) is 0 Å². The maximum atomic E-state index is 11.4. The van der Waals surface area contributed by atoms with Crippen molar-refractivity contribution in [1.29, 1.82) is 0 Å². The van der Waals surface area contributed by atoms with E-state index in [1.807, 2.05) is 18.2 Å². The molecule has 0 aromatic heterocycles. The fourth-order valence-electron chi connectivity index (χ4n) is 7.40. The fourth-order valence-corrected chi connectivity index (χ4v) is 7.40. The lowest BCUT2D eigenvalue weighted by Gasteiger charge is -2.51. The highest BCUT2D eigenvalue weighted by Gasteiger charge is 2.56. The molecule has 3 aromatic carbocycles. The van der Waals surface area contributed by atoms with Gasteiger partial charge in [-0.3, -0.25) is 0 Å². The van der Waals surface area contributed by atoms with E-state index in [9.17, 15) is 5.11 Å². The topological polar surface area (TPSA) is 38.7 Å². The third-order valence-electron chi connectivity index (χ3n) is 8.97. The van der Waals surface area contributed by atoms with Gasteiger partial charge in [-0.1, -0.05) is 73.7 Å². The summed E-state index contributed by atoms with van der Waals surface area (Å²) in [6.07, 6.45) is 5.25. The molecule has 0 aliphatic heterocycles. The van der Waals surface area contributed by atoms with Gasteiger partial charge in [0.25, 0.3) is 0 Å². The molecule has 6 atom stereocenters. The summed E-state index contributed by atoms with van der Waals surface area (Å²) >= 11 is 0. The molecule has 3 aliphatic rings. The highest BCUT2D eigenvalue weighted by atomic mass is 16.5. The van der Waals surface area contributed by atoms with Crippen molar-refractivity contribution in [2.24, 2.45) is 17.3 Å². The van der Waals surface area contributed by atoms with E-state index in [1.54, 1.807) is 0 Å². The van der Waals surface area contributed by atoms with Crippen LogP contribution in [-0.4, -0.2) is 17.3 Å². The van der Waals surface area contributed by atoms with E-state index >= 15 is 0 Å². The summed E-state index contributed by atoms with van der Waals surface area (Å²) in [7, 11) is 0. The third kappa shape index (κ3) is 4.52. The highest BCUT2D eigenvalue weighted by molar-refractivity contribution is 5.41. The van der Waals surface area contributed by atoms with Crippen LogP contribution < -0.4 is 4.74 Å². The fraction of sp³-hybridized carbons (Fsp3) is 0.438. The molecule has 0 heterocycles. The van der Waals surface area contributed by atoms with Gasteiger partial charge < -0.3 is 14.6 Å². The van der Waals surface area contributed by atoms with E-state index < -0.39 is 0 Å². The zero-order valence-corrected chi connectivity index (χ0v) is 20.6. The molecule has 0 saturated heterocycles. The number of hydrogen-bond acceptors (Lipinski definition) is 3. The predicted octanol–water partition coefficient (Wildman–Crippen LogP) is 6.68. The maximum absolute atomic E-state index is 11.4. The Kier molecular flexibility index (Phi) is 6.16. The van der Waals surface area contributed by atoms with Gasteiger partial charge in [-0.25, -0.2) is 0 Å². The van der Waals surface area contributed by atoms with Crippen LogP contribution in [0.15, 0.2) is 78.9 Å². The Labute approximate surface area is 209 Å². The number of aliphatic hydroxyl groups excluding tert-OH is 1. The van der Waals surface area contributed by atoms with Crippen molar-refractivity contribution in [3.63, 3.8) is 0 Å². The molecule has 3 aliphatic carbocycles. The van der Waals surface area contributed by atoms with Gasteiger partial charge in [-0.05, 0) is 83.7 Å². The summed E-state index contributed by atoms with van der Waals surface area (Å²) in [5.74, 6) is 2.29. The van der Waals surface area contributed by atoms with Crippen LogP contribution in [0.4, 0.5) is 0 Å². The molecule has 182 valence electrons. The van der Waals surface area contributed by atoms with Crippen molar-refractivity contribution in [1.82, 2.24) is 0 Å². The number of hydrogen-bond donors (Lipinski definition) is 1. The van der Waals surface area contributed by atoms with E-state index in [0.717, 1.165) is 37.9 Å². The van der Waals surface area contributed by atoms with Gasteiger partial charge in [-0.2, -0.15) is 0 Å². The number of rotatable bonds is 6. The predicted molar refractivity (Wildman–Crippen MR) is 138 cm³/mol. The lowest BCUT2D eigenvalue weighted by molar-refractivity contribution is -0.0376. The standard InChI is InChI=1S/C32H36O3/c1-32-18-26(35-21-23-10-6-3-7-11-23)17-29(32)28-14-12-24-16-25(34-20-22-8-4-2-5-9-22)13-15-27(24)31(28)30(33)19-32/h2-11,13,15-16,26,28-31,33H,12,14,17-21H2,1H3/t26-,28+,29+,30-,31-,32+/m1/s1. The molecule has 2 fully saturated rings. The Morgan fingerprint density at radius 3 is 2.34 bits per heavy atom. The van der Waals surface area contributed by atoms with Crippen molar-refractivity contribution in [2.45, 2.75) is 70.4 Å². The van der Waals surface area contributed by atoms with Crippen LogP contribution in [0.2, 0.25) is 0 Å². The Balaban J connectivity index is 1.16. The molecule has 0 unspecified atom stereocenters. The molecule has 1 N–H and O–H groups in total. The number of fused-ring (bicyclic) bond motifs is 5. The molecular weight excluding hydrogens is 432 g/mol. The number of benzene rings is 3. The number of ether oxygens (including phenoxy) is 2. The molecule has 0 amide bonds. The van der Waals surface area contributed by atoms with Crippen molar-refractivity contribution in [2.75, 3.05) is 0 Å². The summed E-state index contributed by atoms with van der Waals surface area (Å²) in [4.78, 5) is 0. The third-order valence-corrected chi connectivity index (χ3v) is 8.97. The summed E-state index contributed by atoms with van der Waals surface area (Å²) in [6, 6.07) is 27.3. The molecule has 35 heavy (non-hydrogen) atoms. The van der Waals surface area contributed by atoms with E-state index in [0.29, 0.717) is 25.0 Å². The Hall–Kier alpha value is -2.62. The first-order valence-electron chi connectivity index (χ1n) is 13.2. The molecule has 6 rings (SSSR count). The second-order valence-electron chi connectivity index (χ2n) is 11.3. The van der Waals surface area contributed by atoms with Crippen LogP contribution in [0.1, 0.15) is 60.8 Å². The Morgan fingerprint density at radius 1 is 0.886 bits per heavy atom. The van der Waals surface area contributed by atoms with Gasteiger partial charge in [0, 0.05) is 5.92 Å². The average Bonchev–Trinajstić information content (AvgIpc) is 3.23. The summed E-state index contributed by atoms with van der Waals surface area (Å²) in [5.41, 5.74) is 5.28. The number of aliphatic hydroxyl groups is 1. The largest absolute Gasteiger partial charge is 0.489 e. The zero-order chi connectivity index (χ0) is 23.8. The second kappa shape index (κ2) is 9.44. The van der Waals surface area contributed by atoms with Gasteiger partial charge >= 0.3 is 0 Å². The van der Waals surface area contributed by atoms with Gasteiger partial charge in [0.05, 0.1) is 18.8 Å².